The van der Waals surface area contributed by atoms with Crippen LogP contribution in [-0.2, 0) is 16.0 Å². The number of carbonyl (C=O) groups is 2. The molecule has 0 unspecified atom stereocenters. The van der Waals surface area contributed by atoms with Crippen LogP contribution in [0, 0.1) is 11.7 Å². The number of hydrogen-bond donors (Lipinski definition) is 2. The van der Waals surface area contributed by atoms with Gasteiger partial charge in [0.1, 0.15) is 5.82 Å². The van der Waals surface area contributed by atoms with E-state index in [-0.39, 0.29) is 30.1 Å². The van der Waals surface area contributed by atoms with Gasteiger partial charge in [0, 0.05) is 6.04 Å². The second-order valence-corrected chi connectivity index (χ2v) is 4.92. The van der Waals surface area contributed by atoms with Crippen LogP contribution in [0.4, 0.5) is 4.39 Å². The number of benzene rings is 1. The van der Waals surface area contributed by atoms with Gasteiger partial charge < -0.3 is 10.4 Å². The van der Waals surface area contributed by atoms with E-state index in [9.17, 15) is 14.0 Å². The molecule has 4 nitrogen and oxygen atoms in total. The number of aliphatic carboxylic acids is 1. The molecule has 0 bridgehead atoms. The molecule has 5 heteroatoms. The molecule has 102 valence electrons. The summed E-state index contributed by atoms with van der Waals surface area (Å²) in [7, 11) is 0. The lowest BCUT2D eigenvalue weighted by molar-refractivity contribution is -0.141. The molecule has 1 fully saturated rings. The summed E-state index contributed by atoms with van der Waals surface area (Å²) < 4.78 is 12.7. The van der Waals surface area contributed by atoms with Gasteiger partial charge in [-0.25, -0.2) is 4.39 Å². The third-order valence-corrected chi connectivity index (χ3v) is 3.42. The van der Waals surface area contributed by atoms with Crippen LogP contribution < -0.4 is 5.32 Å². The number of carboxylic acids is 1. The quantitative estimate of drug-likeness (QED) is 0.871. The molecule has 1 aliphatic rings. The van der Waals surface area contributed by atoms with Gasteiger partial charge in [-0.3, -0.25) is 9.59 Å². The van der Waals surface area contributed by atoms with Crippen molar-refractivity contribution < 1.29 is 19.1 Å². The number of carbonyl (C=O) groups excluding carboxylic acids is 1. The molecule has 1 aromatic rings. The normalized spacial score (nSPS) is 22.2. The van der Waals surface area contributed by atoms with E-state index < -0.39 is 5.97 Å². The van der Waals surface area contributed by atoms with Crippen molar-refractivity contribution in [2.45, 2.75) is 31.7 Å². The Labute approximate surface area is 110 Å². The molecule has 0 spiro atoms. The minimum absolute atomic E-state index is 0.0611. The summed E-state index contributed by atoms with van der Waals surface area (Å²) in [5, 5.41) is 11.7. The molecule has 1 saturated carbocycles. The van der Waals surface area contributed by atoms with E-state index in [4.69, 9.17) is 5.11 Å². The molecule has 0 aromatic heterocycles. The highest BCUT2D eigenvalue weighted by Crippen LogP contribution is 2.25. The number of halogens is 1. The lowest BCUT2D eigenvalue weighted by atomic mass is 10.1. The fraction of sp³-hybridized carbons (Fsp3) is 0.429. The monoisotopic (exact) mass is 265 g/mol. The molecule has 2 N–H and O–H groups in total. The van der Waals surface area contributed by atoms with Crippen molar-refractivity contribution in [1.82, 2.24) is 5.32 Å². The molecule has 1 aromatic carbocycles. The van der Waals surface area contributed by atoms with E-state index in [0.29, 0.717) is 19.3 Å². The van der Waals surface area contributed by atoms with E-state index in [0.717, 1.165) is 5.56 Å². The predicted octanol–water partition coefficient (Wildman–Crippen LogP) is 1.74. The van der Waals surface area contributed by atoms with Crippen molar-refractivity contribution in [3.63, 3.8) is 0 Å². The van der Waals surface area contributed by atoms with E-state index >= 15 is 0 Å². The van der Waals surface area contributed by atoms with Gasteiger partial charge in [-0.1, -0.05) is 12.1 Å². The highest BCUT2D eigenvalue weighted by atomic mass is 19.1. The van der Waals surface area contributed by atoms with Gasteiger partial charge in [-0.05, 0) is 37.0 Å². The zero-order valence-electron chi connectivity index (χ0n) is 10.4. The van der Waals surface area contributed by atoms with Crippen LogP contribution >= 0.6 is 0 Å². The summed E-state index contributed by atoms with van der Waals surface area (Å²) >= 11 is 0. The molecule has 19 heavy (non-hydrogen) atoms. The number of nitrogens with one attached hydrogen (secondary N) is 1. The summed E-state index contributed by atoms with van der Waals surface area (Å²) in [6, 6.07) is 5.72. The Bertz CT molecular complexity index is 472. The van der Waals surface area contributed by atoms with Gasteiger partial charge in [0.15, 0.2) is 0 Å². The van der Waals surface area contributed by atoms with Gasteiger partial charge in [-0.2, -0.15) is 0 Å². The molecule has 0 heterocycles. The van der Waals surface area contributed by atoms with Crippen LogP contribution in [0.5, 0.6) is 0 Å². The van der Waals surface area contributed by atoms with Crippen LogP contribution in [0.1, 0.15) is 24.8 Å². The average molecular weight is 265 g/mol. The zero-order valence-corrected chi connectivity index (χ0v) is 10.4. The maximum absolute atomic E-state index is 12.7. The number of amides is 1. The number of hydrogen-bond acceptors (Lipinski definition) is 2. The largest absolute Gasteiger partial charge is 0.481 e. The second-order valence-electron chi connectivity index (χ2n) is 4.92. The van der Waals surface area contributed by atoms with Crippen molar-refractivity contribution in [3.05, 3.63) is 35.6 Å². The molecule has 2 atom stereocenters. The van der Waals surface area contributed by atoms with Crippen molar-refractivity contribution in [2.75, 3.05) is 0 Å². The average Bonchev–Trinajstić information content (AvgIpc) is 2.80. The van der Waals surface area contributed by atoms with Crippen LogP contribution in [0.2, 0.25) is 0 Å². The number of carboxylic acid groups (broad SMARTS) is 1. The smallest absolute Gasteiger partial charge is 0.306 e. The van der Waals surface area contributed by atoms with E-state index in [1.54, 1.807) is 12.1 Å². The standard InChI is InChI=1S/C14H16FNO3/c15-11-4-1-9(2-5-11)7-13(17)16-12-6-3-10(8-12)14(18)19/h1-2,4-5,10,12H,3,6-8H2,(H,16,17)(H,18,19)/t10-,12+/m1/s1. The van der Waals surface area contributed by atoms with Gasteiger partial charge in [0.2, 0.25) is 5.91 Å². The molecule has 1 amide bonds. The Morgan fingerprint density at radius 3 is 2.53 bits per heavy atom. The molecular formula is C14H16FNO3. The molecule has 2 rings (SSSR count). The van der Waals surface area contributed by atoms with Crippen LogP contribution in [0.25, 0.3) is 0 Å². The zero-order chi connectivity index (χ0) is 13.8. The first-order valence-electron chi connectivity index (χ1n) is 6.31. The summed E-state index contributed by atoms with van der Waals surface area (Å²) in [6.45, 7) is 0. The molecule has 0 saturated heterocycles. The second kappa shape index (κ2) is 5.82. The Morgan fingerprint density at radius 1 is 1.26 bits per heavy atom. The Balaban J connectivity index is 1.82. The lowest BCUT2D eigenvalue weighted by Crippen LogP contribution is -2.34. The first-order valence-corrected chi connectivity index (χ1v) is 6.31. The van der Waals surface area contributed by atoms with E-state index in [2.05, 4.69) is 5.32 Å². The summed E-state index contributed by atoms with van der Waals surface area (Å²) in [5.74, 6) is -1.63. The SMILES string of the molecule is O=C(Cc1ccc(F)cc1)N[C@H]1CC[C@@H](C(=O)O)C1. The van der Waals surface area contributed by atoms with Gasteiger partial charge in [0.25, 0.3) is 0 Å². The van der Waals surface area contributed by atoms with E-state index in [1.165, 1.54) is 12.1 Å². The number of rotatable bonds is 4. The summed E-state index contributed by atoms with van der Waals surface area (Å²) in [5.41, 5.74) is 0.742. The maximum Gasteiger partial charge on any atom is 0.306 e. The van der Waals surface area contributed by atoms with Crippen molar-refractivity contribution in [1.29, 1.82) is 0 Å². The summed E-state index contributed by atoms with van der Waals surface area (Å²) in [4.78, 5) is 22.6. The third kappa shape index (κ3) is 3.77. The van der Waals surface area contributed by atoms with Crippen LogP contribution in [0.3, 0.4) is 0 Å². The van der Waals surface area contributed by atoms with Crippen LogP contribution in [0.15, 0.2) is 24.3 Å². The summed E-state index contributed by atoms with van der Waals surface area (Å²) in [6.07, 6.45) is 1.99. The molecular weight excluding hydrogens is 249 g/mol. The topological polar surface area (TPSA) is 66.4 Å². The molecule has 0 radical (unpaired) electrons. The van der Waals surface area contributed by atoms with Gasteiger partial charge >= 0.3 is 5.97 Å². The van der Waals surface area contributed by atoms with Gasteiger partial charge in [0.05, 0.1) is 12.3 Å². The Kier molecular flexibility index (Phi) is 4.14. The van der Waals surface area contributed by atoms with Crippen molar-refractivity contribution in [3.8, 4) is 0 Å². The van der Waals surface area contributed by atoms with Crippen molar-refractivity contribution in [2.24, 2.45) is 5.92 Å². The lowest BCUT2D eigenvalue weighted by Gasteiger charge is -2.12. The van der Waals surface area contributed by atoms with Gasteiger partial charge in [-0.15, -0.1) is 0 Å². The van der Waals surface area contributed by atoms with Crippen LogP contribution in [-0.4, -0.2) is 23.0 Å². The molecule has 1 aliphatic carbocycles. The predicted molar refractivity (Wildman–Crippen MR) is 67.0 cm³/mol. The van der Waals surface area contributed by atoms with Crippen molar-refractivity contribution >= 4 is 11.9 Å². The first-order chi connectivity index (χ1) is 9.04. The minimum Gasteiger partial charge on any atom is -0.481 e. The molecule has 0 aliphatic heterocycles. The fourth-order valence-corrected chi connectivity index (χ4v) is 2.40. The maximum atomic E-state index is 12.7. The fourth-order valence-electron chi connectivity index (χ4n) is 2.40. The third-order valence-electron chi connectivity index (χ3n) is 3.42. The first kappa shape index (κ1) is 13.5. The Hall–Kier alpha value is -1.91. The van der Waals surface area contributed by atoms with E-state index in [1.807, 2.05) is 0 Å². The Morgan fingerprint density at radius 2 is 1.95 bits per heavy atom. The highest BCUT2D eigenvalue weighted by Gasteiger charge is 2.30. The highest BCUT2D eigenvalue weighted by molar-refractivity contribution is 5.79. The minimum atomic E-state index is -0.796.